The number of amides is 1. The lowest BCUT2D eigenvalue weighted by Crippen LogP contribution is -2.45. The second kappa shape index (κ2) is 5.55. The van der Waals surface area contributed by atoms with E-state index in [1.54, 1.807) is 0 Å². The minimum absolute atomic E-state index is 0.0399. The SMILES string of the molecule is O=C1CC(C(=O)N2CCOc3ccccc3C2)C2(CCCC2)O1. The molecule has 1 saturated heterocycles. The van der Waals surface area contributed by atoms with Crippen LogP contribution in [0.25, 0.3) is 0 Å². The molecule has 1 unspecified atom stereocenters. The van der Waals surface area contributed by atoms with Crippen LogP contribution < -0.4 is 4.74 Å². The summed E-state index contributed by atoms with van der Waals surface area (Å²) in [6.45, 7) is 1.57. The molecule has 1 atom stereocenters. The van der Waals surface area contributed by atoms with Crippen LogP contribution in [0.15, 0.2) is 24.3 Å². The number of benzene rings is 1. The van der Waals surface area contributed by atoms with Crippen molar-refractivity contribution >= 4 is 11.9 Å². The topological polar surface area (TPSA) is 55.8 Å². The van der Waals surface area contributed by atoms with Crippen molar-refractivity contribution in [3.05, 3.63) is 29.8 Å². The lowest BCUT2D eigenvalue weighted by molar-refractivity contribution is -0.151. The van der Waals surface area contributed by atoms with Crippen LogP contribution in [-0.4, -0.2) is 35.5 Å². The highest BCUT2D eigenvalue weighted by Crippen LogP contribution is 2.46. The van der Waals surface area contributed by atoms with Crippen LogP contribution >= 0.6 is 0 Å². The summed E-state index contributed by atoms with van der Waals surface area (Å²) in [5, 5.41) is 0. The molecular weight excluding hydrogens is 294 g/mol. The number of rotatable bonds is 1. The van der Waals surface area contributed by atoms with E-state index in [9.17, 15) is 9.59 Å². The lowest BCUT2D eigenvalue weighted by Gasteiger charge is -2.31. The number of ether oxygens (including phenoxy) is 2. The molecule has 122 valence electrons. The molecule has 1 amide bonds. The molecule has 5 heteroatoms. The van der Waals surface area contributed by atoms with Crippen LogP contribution in [0.3, 0.4) is 0 Å². The Hall–Kier alpha value is -2.04. The smallest absolute Gasteiger partial charge is 0.307 e. The van der Waals surface area contributed by atoms with Gasteiger partial charge in [0, 0.05) is 12.1 Å². The summed E-state index contributed by atoms with van der Waals surface area (Å²) in [5.41, 5.74) is 0.477. The molecule has 4 rings (SSSR count). The van der Waals surface area contributed by atoms with Gasteiger partial charge in [0.15, 0.2) is 0 Å². The van der Waals surface area contributed by atoms with E-state index >= 15 is 0 Å². The van der Waals surface area contributed by atoms with Gasteiger partial charge in [-0.2, -0.15) is 0 Å². The maximum Gasteiger partial charge on any atom is 0.307 e. The molecule has 1 aromatic rings. The monoisotopic (exact) mass is 315 g/mol. The standard InChI is InChI=1S/C18H21NO4/c20-16-11-14(18(23-16)7-3-4-8-18)17(21)19-9-10-22-15-6-2-1-5-13(15)12-19/h1-2,5-6,14H,3-4,7-12H2. The van der Waals surface area contributed by atoms with E-state index in [-0.39, 0.29) is 24.2 Å². The quantitative estimate of drug-likeness (QED) is 0.746. The molecule has 2 fully saturated rings. The second-order valence-corrected chi connectivity index (χ2v) is 6.72. The van der Waals surface area contributed by atoms with Crippen LogP contribution in [0, 0.1) is 5.92 Å². The fourth-order valence-electron chi connectivity index (χ4n) is 4.16. The number of nitrogens with zero attached hydrogens (tertiary/aromatic N) is 1. The number of hydrogen-bond acceptors (Lipinski definition) is 4. The molecule has 1 spiro atoms. The Labute approximate surface area is 135 Å². The van der Waals surface area contributed by atoms with Gasteiger partial charge >= 0.3 is 5.97 Å². The highest BCUT2D eigenvalue weighted by atomic mass is 16.6. The van der Waals surface area contributed by atoms with Crippen molar-refractivity contribution in [1.29, 1.82) is 0 Å². The van der Waals surface area contributed by atoms with Gasteiger partial charge in [-0.15, -0.1) is 0 Å². The van der Waals surface area contributed by atoms with Crippen LogP contribution in [0.5, 0.6) is 5.75 Å². The normalized spacial score (nSPS) is 25.7. The Balaban J connectivity index is 1.58. The number of esters is 1. The Morgan fingerprint density at radius 2 is 2.00 bits per heavy atom. The van der Waals surface area contributed by atoms with Crippen LogP contribution in [0.2, 0.25) is 0 Å². The van der Waals surface area contributed by atoms with E-state index < -0.39 is 5.60 Å². The number of carbonyl (C=O) groups excluding carboxylic acids is 2. The van der Waals surface area contributed by atoms with E-state index in [4.69, 9.17) is 9.47 Å². The van der Waals surface area contributed by atoms with Crippen molar-refractivity contribution in [2.75, 3.05) is 13.2 Å². The van der Waals surface area contributed by atoms with Crippen molar-refractivity contribution in [3.8, 4) is 5.75 Å². The Bertz CT molecular complexity index is 636. The molecular formula is C18H21NO4. The third kappa shape index (κ3) is 2.48. The molecule has 2 aliphatic heterocycles. The van der Waals surface area contributed by atoms with Gasteiger partial charge < -0.3 is 14.4 Å². The fourth-order valence-corrected chi connectivity index (χ4v) is 4.16. The summed E-state index contributed by atoms with van der Waals surface area (Å²) in [6, 6.07) is 7.82. The summed E-state index contributed by atoms with van der Waals surface area (Å²) in [5.74, 6) is 0.328. The molecule has 1 aromatic carbocycles. The molecule has 1 saturated carbocycles. The van der Waals surface area contributed by atoms with E-state index in [1.807, 2.05) is 29.2 Å². The maximum atomic E-state index is 13.1. The second-order valence-electron chi connectivity index (χ2n) is 6.72. The Morgan fingerprint density at radius 1 is 1.22 bits per heavy atom. The van der Waals surface area contributed by atoms with Crippen molar-refractivity contribution in [2.45, 2.75) is 44.2 Å². The third-order valence-electron chi connectivity index (χ3n) is 5.34. The van der Waals surface area contributed by atoms with Crippen molar-refractivity contribution < 1.29 is 19.1 Å². The minimum atomic E-state index is -0.541. The van der Waals surface area contributed by atoms with Crippen LogP contribution in [-0.2, 0) is 20.9 Å². The molecule has 23 heavy (non-hydrogen) atoms. The third-order valence-corrected chi connectivity index (χ3v) is 5.34. The summed E-state index contributed by atoms with van der Waals surface area (Å²) in [7, 11) is 0. The van der Waals surface area contributed by atoms with Gasteiger partial charge in [0.25, 0.3) is 0 Å². The molecule has 0 radical (unpaired) electrons. The van der Waals surface area contributed by atoms with Crippen LogP contribution in [0.1, 0.15) is 37.7 Å². The highest BCUT2D eigenvalue weighted by molar-refractivity contribution is 5.88. The molecule has 3 aliphatic rings. The number of fused-ring (bicyclic) bond motifs is 1. The van der Waals surface area contributed by atoms with E-state index in [0.717, 1.165) is 37.0 Å². The summed E-state index contributed by atoms with van der Waals surface area (Å²) < 4.78 is 11.4. The van der Waals surface area contributed by atoms with Gasteiger partial charge in [-0.1, -0.05) is 18.2 Å². The summed E-state index contributed by atoms with van der Waals surface area (Å²) >= 11 is 0. The fraction of sp³-hybridized carbons (Fsp3) is 0.556. The Kier molecular flexibility index (Phi) is 3.51. The summed E-state index contributed by atoms with van der Waals surface area (Å²) in [4.78, 5) is 26.8. The van der Waals surface area contributed by atoms with Crippen molar-refractivity contribution in [2.24, 2.45) is 5.92 Å². The first kappa shape index (κ1) is 14.5. The molecule has 5 nitrogen and oxygen atoms in total. The van der Waals surface area contributed by atoms with Gasteiger partial charge in [-0.05, 0) is 31.7 Å². The zero-order chi connectivity index (χ0) is 15.9. The van der Waals surface area contributed by atoms with Gasteiger partial charge in [-0.25, -0.2) is 0 Å². The number of carbonyl (C=O) groups is 2. The Morgan fingerprint density at radius 3 is 2.83 bits per heavy atom. The van der Waals surface area contributed by atoms with Gasteiger partial charge in [0.05, 0.1) is 18.9 Å². The highest BCUT2D eigenvalue weighted by Gasteiger charge is 2.54. The average molecular weight is 315 g/mol. The first-order chi connectivity index (χ1) is 11.2. The van der Waals surface area contributed by atoms with Crippen molar-refractivity contribution in [1.82, 2.24) is 4.90 Å². The summed E-state index contributed by atoms with van der Waals surface area (Å²) in [6.07, 6.45) is 3.91. The van der Waals surface area contributed by atoms with Crippen molar-refractivity contribution in [3.63, 3.8) is 0 Å². The molecule has 0 N–H and O–H groups in total. The van der Waals surface area contributed by atoms with Gasteiger partial charge in [0.1, 0.15) is 18.0 Å². The zero-order valence-electron chi connectivity index (χ0n) is 13.1. The first-order valence-corrected chi connectivity index (χ1v) is 8.39. The van der Waals surface area contributed by atoms with E-state index in [1.165, 1.54) is 0 Å². The number of hydrogen-bond donors (Lipinski definition) is 0. The average Bonchev–Trinajstić information content (AvgIpc) is 3.07. The zero-order valence-corrected chi connectivity index (χ0v) is 13.1. The maximum absolute atomic E-state index is 13.1. The van der Waals surface area contributed by atoms with Crippen LogP contribution in [0.4, 0.5) is 0 Å². The number of para-hydroxylation sites is 1. The molecule has 1 aliphatic carbocycles. The van der Waals surface area contributed by atoms with Gasteiger partial charge in [-0.3, -0.25) is 9.59 Å². The van der Waals surface area contributed by atoms with E-state index in [0.29, 0.717) is 19.7 Å². The molecule has 0 aromatic heterocycles. The van der Waals surface area contributed by atoms with E-state index in [2.05, 4.69) is 0 Å². The predicted molar refractivity (Wildman–Crippen MR) is 82.8 cm³/mol. The minimum Gasteiger partial charge on any atom is -0.491 e. The lowest BCUT2D eigenvalue weighted by atomic mass is 9.84. The molecule has 0 bridgehead atoms. The first-order valence-electron chi connectivity index (χ1n) is 8.39. The largest absolute Gasteiger partial charge is 0.491 e. The predicted octanol–water partition coefficient (Wildman–Crippen LogP) is 2.28. The molecule has 2 heterocycles. The van der Waals surface area contributed by atoms with Gasteiger partial charge in [0.2, 0.25) is 5.91 Å².